The average molecular weight is 228 g/mol. The van der Waals surface area contributed by atoms with Crippen molar-refractivity contribution in [2.24, 2.45) is 0 Å². The maximum atomic E-state index is 5.74. The van der Waals surface area contributed by atoms with Crippen LogP contribution in [0.2, 0.25) is 0 Å². The summed E-state index contributed by atoms with van der Waals surface area (Å²) in [5.41, 5.74) is 27.7. The maximum Gasteiger partial charge on any atom is 0.0337 e. The SMILES string of the molecule is Nc1cc(N)cc(Cc2cc(N)cc(N)c2)c1. The molecule has 17 heavy (non-hydrogen) atoms. The highest BCUT2D eigenvalue weighted by molar-refractivity contribution is 5.57. The minimum atomic E-state index is 0.664. The standard InChI is InChI=1S/C13H16N4/c14-10-2-8(3-11(15)6-10)1-9-4-12(16)7-13(17)5-9/h2-7H,1,14-17H2. The summed E-state index contributed by atoms with van der Waals surface area (Å²) in [5.74, 6) is 0. The van der Waals surface area contributed by atoms with Crippen LogP contribution in [-0.2, 0) is 6.42 Å². The molecule has 0 aromatic heterocycles. The molecule has 88 valence electrons. The molecule has 0 aliphatic heterocycles. The molecule has 0 radical (unpaired) electrons. The summed E-state index contributed by atoms with van der Waals surface area (Å²) in [4.78, 5) is 0. The van der Waals surface area contributed by atoms with Crippen molar-refractivity contribution in [2.45, 2.75) is 6.42 Å². The summed E-state index contributed by atoms with van der Waals surface area (Å²) < 4.78 is 0. The molecule has 4 heteroatoms. The zero-order valence-electron chi connectivity index (χ0n) is 9.48. The molecule has 0 saturated heterocycles. The van der Waals surface area contributed by atoms with Crippen LogP contribution in [0.15, 0.2) is 36.4 Å². The zero-order valence-corrected chi connectivity index (χ0v) is 9.48. The molecule has 2 aromatic carbocycles. The molecule has 0 amide bonds. The van der Waals surface area contributed by atoms with E-state index in [1.165, 1.54) is 0 Å². The van der Waals surface area contributed by atoms with Crippen LogP contribution in [0.3, 0.4) is 0 Å². The number of hydrogen-bond donors (Lipinski definition) is 4. The Labute approximate surface area is 100 Å². The molecule has 0 bridgehead atoms. The van der Waals surface area contributed by atoms with Crippen molar-refractivity contribution in [3.05, 3.63) is 47.5 Å². The third kappa shape index (κ3) is 2.81. The number of nitrogen functional groups attached to an aromatic ring is 4. The quantitative estimate of drug-likeness (QED) is 0.586. The van der Waals surface area contributed by atoms with Crippen LogP contribution in [-0.4, -0.2) is 0 Å². The van der Waals surface area contributed by atoms with Gasteiger partial charge < -0.3 is 22.9 Å². The van der Waals surface area contributed by atoms with E-state index >= 15 is 0 Å². The molecule has 8 N–H and O–H groups in total. The van der Waals surface area contributed by atoms with Crippen molar-refractivity contribution in [2.75, 3.05) is 22.9 Å². The van der Waals surface area contributed by atoms with E-state index in [0.717, 1.165) is 11.1 Å². The van der Waals surface area contributed by atoms with E-state index in [9.17, 15) is 0 Å². The van der Waals surface area contributed by atoms with E-state index in [-0.39, 0.29) is 0 Å². The Morgan fingerprint density at radius 1 is 0.529 bits per heavy atom. The van der Waals surface area contributed by atoms with Crippen LogP contribution in [0.4, 0.5) is 22.7 Å². The second kappa shape index (κ2) is 4.25. The summed E-state index contributed by atoms with van der Waals surface area (Å²) in [6.45, 7) is 0. The van der Waals surface area contributed by atoms with Crippen molar-refractivity contribution in [1.82, 2.24) is 0 Å². The molecule has 0 fully saturated rings. The predicted octanol–water partition coefficient (Wildman–Crippen LogP) is 1.61. The third-order valence-electron chi connectivity index (χ3n) is 2.48. The Bertz CT molecular complexity index is 459. The van der Waals surface area contributed by atoms with E-state index < -0.39 is 0 Å². The van der Waals surface area contributed by atoms with E-state index in [4.69, 9.17) is 22.9 Å². The average Bonchev–Trinajstić information content (AvgIpc) is 2.13. The fraction of sp³-hybridized carbons (Fsp3) is 0.0769. The number of rotatable bonds is 2. The summed E-state index contributed by atoms with van der Waals surface area (Å²) in [6, 6.07) is 11.1. The molecule has 4 nitrogen and oxygen atoms in total. The molecular formula is C13H16N4. The minimum Gasteiger partial charge on any atom is -0.399 e. The van der Waals surface area contributed by atoms with Crippen molar-refractivity contribution < 1.29 is 0 Å². The van der Waals surface area contributed by atoms with Gasteiger partial charge in [0.05, 0.1) is 0 Å². The Balaban J connectivity index is 2.31. The molecular weight excluding hydrogens is 212 g/mol. The summed E-state index contributed by atoms with van der Waals surface area (Å²) in [5, 5.41) is 0. The topological polar surface area (TPSA) is 104 Å². The minimum absolute atomic E-state index is 0.664. The highest BCUT2D eigenvalue weighted by atomic mass is 14.6. The van der Waals surface area contributed by atoms with Crippen LogP contribution in [0.25, 0.3) is 0 Å². The van der Waals surface area contributed by atoms with Crippen molar-refractivity contribution in [1.29, 1.82) is 0 Å². The largest absolute Gasteiger partial charge is 0.399 e. The number of nitrogens with two attached hydrogens (primary N) is 4. The van der Waals surface area contributed by atoms with E-state index in [1.54, 1.807) is 12.1 Å². The number of benzene rings is 2. The van der Waals surface area contributed by atoms with Gasteiger partial charge in [-0.15, -0.1) is 0 Å². The first-order valence-corrected chi connectivity index (χ1v) is 5.33. The summed E-state index contributed by atoms with van der Waals surface area (Å²) in [7, 11) is 0. The lowest BCUT2D eigenvalue weighted by Crippen LogP contribution is -1.97. The van der Waals surface area contributed by atoms with E-state index in [2.05, 4.69) is 0 Å². The van der Waals surface area contributed by atoms with Crippen LogP contribution in [0.1, 0.15) is 11.1 Å². The molecule has 0 spiro atoms. The van der Waals surface area contributed by atoms with Crippen molar-refractivity contribution >= 4 is 22.7 Å². The van der Waals surface area contributed by atoms with Gasteiger partial charge >= 0.3 is 0 Å². The molecule has 0 unspecified atom stereocenters. The van der Waals surface area contributed by atoms with Gasteiger partial charge in [0.1, 0.15) is 0 Å². The summed E-state index contributed by atoms with van der Waals surface area (Å²) >= 11 is 0. The normalized spacial score (nSPS) is 10.4. The second-order valence-electron chi connectivity index (χ2n) is 4.19. The van der Waals surface area contributed by atoms with Gasteiger partial charge in [-0.1, -0.05) is 0 Å². The smallest absolute Gasteiger partial charge is 0.0337 e. The first-order valence-electron chi connectivity index (χ1n) is 5.33. The Hall–Kier alpha value is -2.36. The molecule has 0 atom stereocenters. The fourth-order valence-electron chi connectivity index (χ4n) is 1.93. The summed E-state index contributed by atoms with van der Waals surface area (Å²) in [6.07, 6.45) is 0.713. The Kier molecular flexibility index (Phi) is 2.78. The van der Waals surface area contributed by atoms with Crippen LogP contribution in [0, 0.1) is 0 Å². The lowest BCUT2D eigenvalue weighted by Gasteiger charge is -2.07. The Morgan fingerprint density at radius 2 is 0.824 bits per heavy atom. The maximum absolute atomic E-state index is 5.74. The first kappa shape index (κ1) is 11.1. The third-order valence-corrected chi connectivity index (χ3v) is 2.48. The lowest BCUT2D eigenvalue weighted by molar-refractivity contribution is 1.20. The van der Waals surface area contributed by atoms with Crippen LogP contribution >= 0.6 is 0 Å². The monoisotopic (exact) mass is 228 g/mol. The Morgan fingerprint density at radius 3 is 1.12 bits per heavy atom. The predicted molar refractivity (Wildman–Crippen MR) is 73.3 cm³/mol. The molecule has 0 saturated carbocycles. The van der Waals surface area contributed by atoms with Gasteiger partial charge in [-0.2, -0.15) is 0 Å². The molecule has 0 aliphatic carbocycles. The lowest BCUT2D eigenvalue weighted by atomic mass is 10.0. The highest BCUT2D eigenvalue weighted by Crippen LogP contribution is 2.20. The number of hydrogen-bond acceptors (Lipinski definition) is 4. The van der Waals surface area contributed by atoms with Gasteiger partial charge in [-0.05, 0) is 53.9 Å². The molecule has 0 aliphatic rings. The van der Waals surface area contributed by atoms with Crippen molar-refractivity contribution in [3.63, 3.8) is 0 Å². The number of anilines is 4. The zero-order chi connectivity index (χ0) is 12.4. The second-order valence-corrected chi connectivity index (χ2v) is 4.19. The van der Waals surface area contributed by atoms with Gasteiger partial charge in [0, 0.05) is 22.7 Å². The van der Waals surface area contributed by atoms with Crippen LogP contribution in [0.5, 0.6) is 0 Å². The van der Waals surface area contributed by atoms with Gasteiger partial charge in [-0.25, -0.2) is 0 Å². The molecule has 0 heterocycles. The van der Waals surface area contributed by atoms with Gasteiger partial charge in [0.25, 0.3) is 0 Å². The molecule has 2 aromatic rings. The van der Waals surface area contributed by atoms with Gasteiger partial charge in [0.2, 0.25) is 0 Å². The van der Waals surface area contributed by atoms with E-state index in [0.29, 0.717) is 29.2 Å². The highest BCUT2D eigenvalue weighted by Gasteiger charge is 2.01. The van der Waals surface area contributed by atoms with E-state index in [1.807, 2.05) is 24.3 Å². The van der Waals surface area contributed by atoms with Gasteiger partial charge in [-0.3, -0.25) is 0 Å². The van der Waals surface area contributed by atoms with Crippen LogP contribution < -0.4 is 22.9 Å². The van der Waals surface area contributed by atoms with Crippen molar-refractivity contribution in [3.8, 4) is 0 Å². The molecule has 2 rings (SSSR count). The van der Waals surface area contributed by atoms with Gasteiger partial charge in [0.15, 0.2) is 0 Å². The fourth-order valence-corrected chi connectivity index (χ4v) is 1.93. The first-order chi connectivity index (χ1) is 8.02.